The second-order valence-electron chi connectivity index (χ2n) is 6.89. The lowest BCUT2D eigenvalue weighted by Crippen LogP contribution is -2.33. The van der Waals surface area contributed by atoms with E-state index in [4.69, 9.17) is 23.2 Å². The molecule has 1 aromatic heterocycles. The van der Waals surface area contributed by atoms with Crippen LogP contribution in [-0.2, 0) is 17.8 Å². The fraction of sp³-hybridized carbons (Fsp3) is 0.227. The molecule has 156 valence electrons. The zero-order valence-electron chi connectivity index (χ0n) is 16.6. The number of carbonyl (C=O) groups excluding carboxylic acids is 1. The molecule has 0 aliphatic rings. The second-order valence-corrected chi connectivity index (χ2v) is 7.73. The van der Waals surface area contributed by atoms with Crippen LogP contribution in [0.25, 0.3) is 11.4 Å². The Morgan fingerprint density at radius 2 is 1.93 bits per heavy atom. The molecule has 3 rings (SSSR count). The number of nitrogens with one attached hydrogen (secondary N) is 1. The summed E-state index contributed by atoms with van der Waals surface area (Å²) in [5, 5.41) is 13.1. The molecule has 0 spiro atoms. The molecule has 0 radical (unpaired) electrons. The van der Waals surface area contributed by atoms with E-state index in [0.717, 1.165) is 5.56 Å². The van der Waals surface area contributed by atoms with Crippen molar-refractivity contribution in [2.45, 2.75) is 26.8 Å². The summed E-state index contributed by atoms with van der Waals surface area (Å²) in [7, 11) is 0. The molecule has 0 bridgehead atoms. The predicted octanol–water partition coefficient (Wildman–Crippen LogP) is 4.01. The Kier molecular flexibility index (Phi) is 6.92. The zero-order valence-corrected chi connectivity index (χ0v) is 18.1. The standard InChI is InChI=1S/C22H21Cl2N3O3/c1-13-6-7-17(11-19(13)24)26-20(29)12-27-21(15-4-3-5-16(23)10-15)25-14(2)18(8-9-28)22(27)30/h3-7,10-11,28H,8-9,12H2,1-2H3,(H,26,29). The summed E-state index contributed by atoms with van der Waals surface area (Å²) in [6.45, 7) is 3.13. The molecule has 2 N–H and O–H groups in total. The number of aromatic nitrogens is 2. The number of aliphatic hydroxyl groups is 1. The highest BCUT2D eigenvalue weighted by molar-refractivity contribution is 6.31. The Labute approximate surface area is 184 Å². The molecule has 0 aliphatic carbocycles. The SMILES string of the molecule is Cc1ccc(NC(=O)Cn2c(-c3cccc(Cl)c3)nc(C)c(CCO)c2=O)cc1Cl. The smallest absolute Gasteiger partial charge is 0.257 e. The first kappa shape index (κ1) is 22.0. The van der Waals surface area contributed by atoms with E-state index in [1.165, 1.54) is 4.57 Å². The summed E-state index contributed by atoms with van der Waals surface area (Å²) < 4.78 is 1.30. The van der Waals surface area contributed by atoms with Crippen LogP contribution in [0.1, 0.15) is 16.8 Å². The van der Waals surface area contributed by atoms with E-state index in [9.17, 15) is 14.7 Å². The van der Waals surface area contributed by atoms with E-state index in [-0.39, 0.29) is 25.1 Å². The number of anilines is 1. The summed E-state index contributed by atoms with van der Waals surface area (Å²) in [6, 6.07) is 12.1. The summed E-state index contributed by atoms with van der Waals surface area (Å²) in [5.74, 6) is -0.0697. The van der Waals surface area contributed by atoms with Crippen LogP contribution >= 0.6 is 23.2 Å². The van der Waals surface area contributed by atoms with Gasteiger partial charge in [0.25, 0.3) is 5.56 Å². The molecule has 0 saturated heterocycles. The Morgan fingerprint density at radius 3 is 2.60 bits per heavy atom. The van der Waals surface area contributed by atoms with Gasteiger partial charge in [-0.15, -0.1) is 0 Å². The second kappa shape index (κ2) is 9.43. The van der Waals surface area contributed by atoms with E-state index in [2.05, 4.69) is 10.3 Å². The Hall–Kier alpha value is -2.67. The van der Waals surface area contributed by atoms with Crippen molar-refractivity contribution >= 4 is 34.8 Å². The highest BCUT2D eigenvalue weighted by atomic mass is 35.5. The summed E-state index contributed by atoms with van der Waals surface area (Å²) in [6.07, 6.45) is 0.155. The van der Waals surface area contributed by atoms with Crippen LogP contribution in [0.3, 0.4) is 0 Å². The number of amides is 1. The number of hydrogen-bond acceptors (Lipinski definition) is 4. The zero-order chi connectivity index (χ0) is 21.8. The maximum absolute atomic E-state index is 13.1. The maximum Gasteiger partial charge on any atom is 0.257 e. The van der Waals surface area contributed by atoms with Gasteiger partial charge in [-0.2, -0.15) is 0 Å². The number of aryl methyl sites for hydroxylation is 2. The Balaban J connectivity index is 2.02. The third-order valence-electron chi connectivity index (χ3n) is 4.67. The third kappa shape index (κ3) is 4.90. The average molecular weight is 446 g/mol. The highest BCUT2D eigenvalue weighted by Crippen LogP contribution is 2.22. The first-order chi connectivity index (χ1) is 14.3. The van der Waals surface area contributed by atoms with Gasteiger partial charge in [0.15, 0.2) is 0 Å². The van der Waals surface area contributed by atoms with E-state index in [1.54, 1.807) is 49.4 Å². The Bertz CT molecular complexity index is 1160. The van der Waals surface area contributed by atoms with Crippen molar-refractivity contribution in [2.75, 3.05) is 11.9 Å². The molecular formula is C22H21Cl2N3O3. The fourth-order valence-corrected chi connectivity index (χ4v) is 3.48. The topological polar surface area (TPSA) is 84.2 Å². The van der Waals surface area contributed by atoms with E-state index < -0.39 is 5.91 Å². The van der Waals surface area contributed by atoms with Crippen LogP contribution in [0, 0.1) is 13.8 Å². The van der Waals surface area contributed by atoms with Crippen molar-refractivity contribution in [1.82, 2.24) is 9.55 Å². The van der Waals surface area contributed by atoms with Crippen LogP contribution in [-0.4, -0.2) is 27.2 Å². The summed E-state index contributed by atoms with van der Waals surface area (Å²) >= 11 is 12.2. The van der Waals surface area contributed by atoms with Gasteiger partial charge in [-0.25, -0.2) is 4.98 Å². The number of rotatable bonds is 6. The van der Waals surface area contributed by atoms with Gasteiger partial charge in [0, 0.05) is 45.6 Å². The van der Waals surface area contributed by atoms with Gasteiger partial charge in [0.2, 0.25) is 5.91 Å². The molecule has 1 heterocycles. The maximum atomic E-state index is 13.1. The van der Waals surface area contributed by atoms with Crippen LogP contribution in [0.15, 0.2) is 47.3 Å². The van der Waals surface area contributed by atoms with Crippen LogP contribution < -0.4 is 10.9 Å². The monoisotopic (exact) mass is 445 g/mol. The number of hydrogen-bond donors (Lipinski definition) is 2. The van der Waals surface area contributed by atoms with Crippen LogP contribution in [0.5, 0.6) is 0 Å². The molecule has 0 fully saturated rings. The molecule has 1 amide bonds. The van der Waals surface area contributed by atoms with E-state index >= 15 is 0 Å². The number of nitrogens with zero attached hydrogens (tertiary/aromatic N) is 2. The fourth-order valence-electron chi connectivity index (χ4n) is 3.11. The number of benzene rings is 2. The predicted molar refractivity (Wildman–Crippen MR) is 119 cm³/mol. The lowest BCUT2D eigenvalue weighted by Gasteiger charge is -2.16. The molecule has 0 saturated carbocycles. The van der Waals surface area contributed by atoms with Crippen LogP contribution in [0.4, 0.5) is 5.69 Å². The number of carbonyl (C=O) groups is 1. The number of aliphatic hydroxyl groups excluding tert-OH is 1. The largest absolute Gasteiger partial charge is 0.396 e. The van der Waals surface area contributed by atoms with Gasteiger partial charge < -0.3 is 10.4 Å². The Morgan fingerprint density at radius 1 is 1.17 bits per heavy atom. The molecule has 3 aromatic rings. The normalized spacial score (nSPS) is 10.8. The molecule has 0 unspecified atom stereocenters. The van der Waals surface area contributed by atoms with E-state index in [0.29, 0.717) is 38.4 Å². The first-order valence-corrected chi connectivity index (χ1v) is 10.1. The van der Waals surface area contributed by atoms with Gasteiger partial charge >= 0.3 is 0 Å². The molecule has 8 heteroatoms. The minimum atomic E-state index is -0.402. The molecule has 0 aliphatic heterocycles. The summed E-state index contributed by atoms with van der Waals surface area (Å²) in [5.41, 5.74) is 2.54. The summed E-state index contributed by atoms with van der Waals surface area (Å²) in [4.78, 5) is 30.4. The quantitative estimate of drug-likeness (QED) is 0.600. The first-order valence-electron chi connectivity index (χ1n) is 9.33. The lowest BCUT2D eigenvalue weighted by molar-refractivity contribution is -0.116. The third-order valence-corrected chi connectivity index (χ3v) is 5.31. The molecule has 2 aromatic carbocycles. The van der Waals surface area contributed by atoms with Crippen molar-refractivity contribution in [3.63, 3.8) is 0 Å². The van der Waals surface area contributed by atoms with Gasteiger partial charge in [0.05, 0.1) is 0 Å². The average Bonchev–Trinajstić information content (AvgIpc) is 2.70. The van der Waals surface area contributed by atoms with Crippen molar-refractivity contribution in [3.05, 3.63) is 79.7 Å². The van der Waals surface area contributed by atoms with Crippen molar-refractivity contribution < 1.29 is 9.90 Å². The molecule has 30 heavy (non-hydrogen) atoms. The minimum absolute atomic E-state index is 0.155. The van der Waals surface area contributed by atoms with Gasteiger partial charge in [-0.05, 0) is 43.7 Å². The minimum Gasteiger partial charge on any atom is -0.396 e. The number of halogens is 2. The lowest BCUT2D eigenvalue weighted by atomic mass is 10.1. The van der Waals surface area contributed by atoms with Crippen LogP contribution in [0.2, 0.25) is 10.0 Å². The van der Waals surface area contributed by atoms with Gasteiger partial charge in [-0.1, -0.05) is 41.4 Å². The van der Waals surface area contributed by atoms with Crippen molar-refractivity contribution in [1.29, 1.82) is 0 Å². The van der Waals surface area contributed by atoms with Crippen molar-refractivity contribution in [2.24, 2.45) is 0 Å². The van der Waals surface area contributed by atoms with Gasteiger partial charge in [-0.3, -0.25) is 14.2 Å². The van der Waals surface area contributed by atoms with Crippen molar-refractivity contribution in [3.8, 4) is 11.4 Å². The highest BCUT2D eigenvalue weighted by Gasteiger charge is 2.18. The van der Waals surface area contributed by atoms with Gasteiger partial charge in [0.1, 0.15) is 12.4 Å². The molecule has 0 atom stereocenters. The van der Waals surface area contributed by atoms with E-state index in [1.807, 2.05) is 6.92 Å². The molecule has 6 nitrogen and oxygen atoms in total. The molecular weight excluding hydrogens is 425 g/mol.